The van der Waals surface area contributed by atoms with E-state index in [4.69, 9.17) is 18.9 Å². The Balaban J connectivity index is 1.18. The Morgan fingerprint density at radius 2 is 0.463 bits per heavy atom. The Bertz CT molecular complexity index is 1700. The Labute approximate surface area is 323 Å². The number of rotatable bonds is 4. The second kappa shape index (κ2) is 19.1. The summed E-state index contributed by atoms with van der Waals surface area (Å²) in [6.45, 7) is 2.50. The quantitative estimate of drug-likeness (QED) is 0.168. The predicted molar refractivity (Wildman–Crippen MR) is 231 cm³/mol. The summed E-state index contributed by atoms with van der Waals surface area (Å²) in [6, 6.07) is 60.9. The van der Waals surface area contributed by atoms with Crippen molar-refractivity contribution in [3.8, 4) is 23.0 Å². The molecule has 7 rings (SSSR count). The molecule has 6 heteroatoms. The maximum Gasteiger partial charge on any atom is 0.161 e. The molecule has 0 aliphatic carbocycles. The van der Waals surface area contributed by atoms with E-state index in [1.807, 2.05) is 48.5 Å². The molecule has 0 amide bonds. The van der Waals surface area contributed by atoms with Crippen molar-refractivity contribution in [3.05, 3.63) is 170 Å². The van der Waals surface area contributed by atoms with Gasteiger partial charge in [0.1, 0.15) is 0 Å². The number of fused-ring (bicyclic) bond motifs is 2. The molecule has 0 saturated carbocycles. The maximum atomic E-state index is 6.54. The average Bonchev–Trinajstić information content (AvgIpc) is 3.24. The third-order valence-corrected chi connectivity index (χ3v) is 19.9. The fraction of sp³-hybridized carbons (Fsp3) is 0.250. The Morgan fingerprint density at radius 3 is 0.685 bits per heavy atom. The number of hydrogen-bond acceptors (Lipinski definition) is 4. The highest BCUT2D eigenvalue weighted by Gasteiger charge is 2.43. The van der Waals surface area contributed by atoms with E-state index in [9.17, 15) is 0 Å². The highest BCUT2D eigenvalue weighted by Crippen LogP contribution is 2.58. The van der Waals surface area contributed by atoms with Gasteiger partial charge in [0.15, 0.2) is 23.0 Å². The van der Waals surface area contributed by atoms with Crippen molar-refractivity contribution >= 4 is 35.7 Å². The van der Waals surface area contributed by atoms with Gasteiger partial charge in [-0.3, -0.25) is 0 Å². The first-order chi connectivity index (χ1) is 26.8. The lowest BCUT2D eigenvalue weighted by Gasteiger charge is -2.28. The van der Waals surface area contributed by atoms with Crippen LogP contribution in [0.25, 0.3) is 0 Å². The van der Waals surface area contributed by atoms with Crippen molar-refractivity contribution < 1.29 is 18.9 Å². The fourth-order valence-electron chi connectivity index (χ4n) is 7.85. The van der Waals surface area contributed by atoms with Crippen LogP contribution in [0, 0.1) is 0 Å². The van der Waals surface area contributed by atoms with Gasteiger partial charge in [-0.25, -0.2) is 0 Å². The van der Waals surface area contributed by atoms with Gasteiger partial charge in [-0.2, -0.15) is 0 Å². The van der Waals surface area contributed by atoms with E-state index in [1.165, 1.54) is 21.2 Å². The Kier molecular flexibility index (Phi) is 13.3. The van der Waals surface area contributed by atoms with Crippen LogP contribution >= 0.6 is 14.5 Å². The first kappa shape index (κ1) is 37.7. The molecule has 0 unspecified atom stereocenters. The second-order valence-electron chi connectivity index (χ2n) is 13.9. The molecule has 0 N–H and O–H groups in total. The molecule has 0 bridgehead atoms. The van der Waals surface area contributed by atoms with Gasteiger partial charge >= 0.3 is 0 Å². The van der Waals surface area contributed by atoms with Gasteiger partial charge < -0.3 is 18.9 Å². The summed E-state index contributed by atoms with van der Waals surface area (Å²) in [5, 5.41) is 5.73. The third-order valence-electron chi connectivity index (χ3n) is 10.5. The van der Waals surface area contributed by atoms with E-state index < -0.39 is 14.5 Å². The lowest BCUT2D eigenvalue weighted by molar-refractivity contribution is 0.267. The van der Waals surface area contributed by atoms with E-state index >= 15 is 0 Å². The van der Waals surface area contributed by atoms with Crippen LogP contribution in [0.2, 0.25) is 0 Å². The molecule has 276 valence electrons. The van der Waals surface area contributed by atoms with Gasteiger partial charge in [-0.05, 0) is 72.8 Å². The summed E-state index contributed by atoms with van der Waals surface area (Å²) in [5.74, 6) is 3.28. The molecule has 54 heavy (non-hydrogen) atoms. The summed E-state index contributed by atoms with van der Waals surface area (Å²) in [6.07, 6.45) is 7.94. The summed E-state index contributed by atoms with van der Waals surface area (Å²) >= 11 is 0. The van der Waals surface area contributed by atoms with Crippen molar-refractivity contribution in [2.24, 2.45) is 0 Å². The molecule has 0 atom stereocenters. The molecule has 0 spiro atoms. The summed E-state index contributed by atoms with van der Waals surface area (Å²) in [5.41, 5.74) is 0. The maximum absolute atomic E-state index is 6.54. The first-order valence-corrected chi connectivity index (χ1v) is 23.7. The van der Waals surface area contributed by atoms with Crippen molar-refractivity contribution in [1.82, 2.24) is 0 Å². The lowest BCUT2D eigenvalue weighted by Crippen LogP contribution is -2.29. The third kappa shape index (κ3) is 9.18. The van der Waals surface area contributed by atoms with Gasteiger partial charge in [0.2, 0.25) is 0 Å². The van der Waals surface area contributed by atoms with Gasteiger partial charge in [0.05, 0.1) is 86.8 Å². The van der Waals surface area contributed by atoms with Crippen LogP contribution in [-0.4, -0.2) is 51.1 Å². The first-order valence-electron chi connectivity index (χ1n) is 19.4. The van der Waals surface area contributed by atoms with Crippen molar-refractivity contribution in [3.63, 3.8) is 0 Å². The largest absolute Gasteiger partial charge is 0.490 e. The smallest absolute Gasteiger partial charge is 0.161 e. The number of benzene rings is 6. The average molecular weight is 755 g/mol. The minimum Gasteiger partial charge on any atom is -0.490 e. The molecule has 0 saturated heterocycles. The minimum absolute atomic E-state index is 0.625. The fourth-order valence-corrected chi connectivity index (χ4v) is 16.6. The Hall–Kier alpha value is -4.62. The normalized spacial score (nSPS) is 16.9. The molecular weight excluding hydrogens is 702 g/mol. The highest BCUT2D eigenvalue weighted by molar-refractivity contribution is 7.90. The molecule has 1 aliphatic heterocycles. The minimum atomic E-state index is -1.78. The van der Waals surface area contributed by atoms with Crippen LogP contribution < -0.4 is 40.2 Å². The van der Waals surface area contributed by atoms with E-state index in [2.05, 4.69) is 121 Å². The van der Waals surface area contributed by atoms with Crippen LogP contribution in [0.5, 0.6) is 23.0 Å². The number of para-hydroxylation sites is 4. The number of ether oxygens (including phenoxy) is 4. The zero-order valence-electron chi connectivity index (χ0n) is 31.2. The molecule has 4 nitrogen and oxygen atoms in total. The van der Waals surface area contributed by atoms with Crippen LogP contribution in [0.1, 0.15) is 25.7 Å². The SMILES string of the molecule is c1ccc([P+]2(c3ccccc3)CCCOc3ccccc3OCCC[P+](c3ccccc3)(c3ccccc3)CCCOc3ccccc3OCCC2)cc1. The molecule has 0 fully saturated rings. The molecule has 1 aliphatic rings. The highest BCUT2D eigenvalue weighted by atomic mass is 31.2. The summed E-state index contributed by atoms with van der Waals surface area (Å²) in [4.78, 5) is 0. The van der Waals surface area contributed by atoms with E-state index in [0.717, 1.165) is 73.3 Å². The van der Waals surface area contributed by atoms with E-state index in [0.29, 0.717) is 26.4 Å². The monoisotopic (exact) mass is 754 g/mol. The van der Waals surface area contributed by atoms with Gasteiger partial charge in [-0.1, -0.05) is 97.1 Å². The standard InChI is InChI=1S/C48H52O4P2/c1-5-21-41(22-6-1)53(42-23-7-2-8-24-42)37-17-33-49-45-29-13-15-31-47(45)51-35-19-39-54(43-25-9-3-10-26-43,44-27-11-4-12-28-44)40-20-36-52-48-32-16-14-30-46(48)50-34-18-38-53/h1-16,21-32H,17-20,33-40H2/q+2. The van der Waals surface area contributed by atoms with Gasteiger partial charge in [0.25, 0.3) is 0 Å². The van der Waals surface area contributed by atoms with Crippen molar-refractivity contribution in [2.75, 3.05) is 51.1 Å². The molecule has 0 radical (unpaired) electrons. The van der Waals surface area contributed by atoms with Crippen LogP contribution in [0.3, 0.4) is 0 Å². The van der Waals surface area contributed by atoms with Crippen molar-refractivity contribution in [2.45, 2.75) is 25.7 Å². The molecule has 6 aromatic rings. The summed E-state index contributed by atoms with van der Waals surface area (Å²) < 4.78 is 26.2. The lowest BCUT2D eigenvalue weighted by atomic mass is 10.3. The van der Waals surface area contributed by atoms with Crippen molar-refractivity contribution in [1.29, 1.82) is 0 Å². The molecule has 6 aromatic carbocycles. The van der Waals surface area contributed by atoms with Gasteiger partial charge in [-0.15, -0.1) is 0 Å². The van der Waals surface area contributed by atoms with Gasteiger partial charge in [0, 0.05) is 25.7 Å². The zero-order chi connectivity index (χ0) is 36.7. The van der Waals surface area contributed by atoms with E-state index in [1.54, 1.807) is 0 Å². The van der Waals surface area contributed by atoms with Crippen LogP contribution in [0.4, 0.5) is 0 Å². The topological polar surface area (TPSA) is 36.9 Å². The summed E-state index contributed by atoms with van der Waals surface area (Å²) in [7, 11) is -3.56. The second-order valence-corrected chi connectivity index (χ2v) is 21.6. The van der Waals surface area contributed by atoms with Crippen LogP contribution in [-0.2, 0) is 0 Å². The molecular formula is C48H52O4P2+2. The zero-order valence-corrected chi connectivity index (χ0v) is 33.0. The molecule has 0 aromatic heterocycles. The Morgan fingerprint density at radius 1 is 0.259 bits per heavy atom. The number of hydrogen-bond donors (Lipinski definition) is 0. The van der Waals surface area contributed by atoms with Crippen LogP contribution in [0.15, 0.2) is 170 Å². The predicted octanol–water partition coefficient (Wildman–Crippen LogP) is 9.81. The molecule has 1 heterocycles. The van der Waals surface area contributed by atoms with E-state index in [-0.39, 0.29) is 0 Å².